The maximum atomic E-state index is 12.7. The predicted octanol–water partition coefficient (Wildman–Crippen LogP) is 3.79. The van der Waals surface area contributed by atoms with Crippen LogP contribution in [0.3, 0.4) is 0 Å². The summed E-state index contributed by atoms with van der Waals surface area (Å²) < 4.78 is 18.1. The largest absolute Gasteiger partial charge is 0.513 e. The van der Waals surface area contributed by atoms with Crippen molar-refractivity contribution in [1.82, 2.24) is 0 Å². The van der Waals surface area contributed by atoms with Gasteiger partial charge < -0.3 is 9.84 Å². The highest BCUT2D eigenvalue weighted by molar-refractivity contribution is 7.99. The minimum Gasteiger partial charge on any atom is -0.513 e. The number of ether oxygens (including phenoxy) is 1. The molecular formula is C14H17FO2S. The van der Waals surface area contributed by atoms with Gasteiger partial charge in [-0.3, -0.25) is 0 Å². The van der Waals surface area contributed by atoms with Crippen molar-refractivity contribution in [2.24, 2.45) is 5.92 Å². The van der Waals surface area contributed by atoms with E-state index in [1.54, 1.807) is 30.0 Å². The highest BCUT2D eigenvalue weighted by Gasteiger charge is 2.14. The number of hydrogen-bond acceptors (Lipinski definition) is 3. The number of halogens is 1. The maximum Gasteiger partial charge on any atom is 0.123 e. The molecule has 0 saturated carbocycles. The number of aliphatic hydroxyl groups excluding tert-OH is 1. The minimum atomic E-state index is -0.202. The first kappa shape index (κ1) is 13.4. The van der Waals surface area contributed by atoms with Gasteiger partial charge in [0, 0.05) is 11.3 Å². The smallest absolute Gasteiger partial charge is 0.123 e. The molecule has 1 N–H and O–H groups in total. The molecule has 0 aromatic heterocycles. The summed E-state index contributed by atoms with van der Waals surface area (Å²) >= 11 is 1.71. The molecule has 1 aromatic rings. The van der Waals surface area contributed by atoms with Crippen molar-refractivity contribution < 1.29 is 14.2 Å². The Labute approximate surface area is 111 Å². The van der Waals surface area contributed by atoms with Gasteiger partial charge in [0.2, 0.25) is 0 Å². The summed E-state index contributed by atoms with van der Waals surface area (Å²) in [6, 6.07) is 6.54. The van der Waals surface area contributed by atoms with E-state index in [0.29, 0.717) is 31.3 Å². The Kier molecular flexibility index (Phi) is 5.08. The molecule has 0 spiro atoms. The Morgan fingerprint density at radius 2 is 2.11 bits per heavy atom. The molecule has 0 saturated heterocycles. The van der Waals surface area contributed by atoms with Crippen LogP contribution in [-0.4, -0.2) is 24.1 Å². The number of aliphatic hydroxyl groups is 1. The molecule has 0 amide bonds. The molecule has 18 heavy (non-hydrogen) atoms. The molecule has 2 nitrogen and oxygen atoms in total. The molecule has 98 valence electrons. The Morgan fingerprint density at radius 1 is 1.33 bits per heavy atom. The van der Waals surface area contributed by atoms with Crippen LogP contribution in [0.4, 0.5) is 4.39 Å². The van der Waals surface area contributed by atoms with Crippen LogP contribution in [-0.2, 0) is 4.74 Å². The van der Waals surface area contributed by atoms with Gasteiger partial charge in [0.05, 0.1) is 19.0 Å². The fraction of sp³-hybridized carbons (Fsp3) is 0.429. The van der Waals surface area contributed by atoms with Crippen molar-refractivity contribution in [3.05, 3.63) is 41.9 Å². The Morgan fingerprint density at radius 3 is 2.89 bits per heavy atom. The summed E-state index contributed by atoms with van der Waals surface area (Å²) in [5.74, 6) is 1.56. The molecule has 4 heteroatoms. The van der Waals surface area contributed by atoms with Gasteiger partial charge in [-0.25, -0.2) is 4.39 Å². The molecule has 0 fully saturated rings. The number of rotatable bonds is 4. The normalized spacial score (nSPS) is 20.3. The third kappa shape index (κ3) is 4.35. The summed E-state index contributed by atoms with van der Waals surface area (Å²) in [4.78, 5) is 1.07. The van der Waals surface area contributed by atoms with E-state index in [4.69, 9.17) is 4.74 Å². The van der Waals surface area contributed by atoms with E-state index in [2.05, 4.69) is 0 Å². The van der Waals surface area contributed by atoms with Crippen LogP contribution in [0.15, 0.2) is 41.0 Å². The van der Waals surface area contributed by atoms with Crippen molar-refractivity contribution in [2.45, 2.75) is 17.7 Å². The fourth-order valence-electron chi connectivity index (χ4n) is 1.89. The first-order chi connectivity index (χ1) is 8.74. The molecule has 2 rings (SSSR count). The summed E-state index contributed by atoms with van der Waals surface area (Å²) in [7, 11) is 0. The number of allylic oxidation sites excluding steroid dienone is 1. The van der Waals surface area contributed by atoms with Crippen LogP contribution in [0.5, 0.6) is 0 Å². The van der Waals surface area contributed by atoms with Crippen LogP contribution >= 0.6 is 11.8 Å². The van der Waals surface area contributed by atoms with E-state index in [-0.39, 0.29) is 5.82 Å². The highest BCUT2D eigenvalue weighted by Crippen LogP contribution is 2.24. The average Bonchev–Trinajstić information content (AvgIpc) is 2.56. The van der Waals surface area contributed by atoms with E-state index in [0.717, 1.165) is 17.1 Å². The van der Waals surface area contributed by atoms with Gasteiger partial charge in [0.25, 0.3) is 0 Å². The zero-order valence-electron chi connectivity index (χ0n) is 10.1. The van der Waals surface area contributed by atoms with E-state index >= 15 is 0 Å². The SMILES string of the molecule is OC1=CCOCC(CCSc2ccc(F)cc2)C1. The molecule has 1 aliphatic heterocycles. The molecule has 1 atom stereocenters. The van der Waals surface area contributed by atoms with Gasteiger partial charge >= 0.3 is 0 Å². The standard InChI is InChI=1S/C14H17FO2S/c15-12-1-3-14(4-2-12)18-8-6-11-9-13(16)5-7-17-10-11/h1-5,11,16H,6-10H2. The first-order valence-corrected chi connectivity index (χ1v) is 7.06. The number of benzene rings is 1. The third-order valence-electron chi connectivity index (χ3n) is 2.90. The molecule has 0 aliphatic carbocycles. The van der Waals surface area contributed by atoms with Crippen LogP contribution in [0.2, 0.25) is 0 Å². The summed E-state index contributed by atoms with van der Waals surface area (Å²) in [6.07, 6.45) is 3.41. The van der Waals surface area contributed by atoms with Crippen molar-refractivity contribution in [1.29, 1.82) is 0 Å². The first-order valence-electron chi connectivity index (χ1n) is 6.08. The van der Waals surface area contributed by atoms with Gasteiger partial charge in [0.1, 0.15) is 5.82 Å². The van der Waals surface area contributed by atoms with E-state index in [9.17, 15) is 9.50 Å². The Balaban J connectivity index is 1.74. The van der Waals surface area contributed by atoms with Gasteiger partial charge in [-0.15, -0.1) is 11.8 Å². The van der Waals surface area contributed by atoms with Gasteiger partial charge in [-0.2, -0.15) is 0 Å². The minimum absolute atomic E-state index is 0.202. The lowest BCUT2D eigenvalue weighted by molar-refractivity contribution is 0.127. The fourth-order valence-corrected chi connectivity index (χ4v) is 2.90. The van der Waals surface area contributed by atoms with E-state index in [1.165, 1.54) is 12.1 Å². The lowest BCUT2D eigenvalue weighted by Crippen LogP contribution is -2.09. The molecule has 1 heterocycles. The zero-order chi connectivity index (χ0) is 12.8. The summed E-state index contributed by atoms with van der Waals surface area (Å²) in [5.41, 5.74) is 0. The number of hydrogen-bond donors (Lipinski definition) is 1. The van der Waals surface area contributed by atoms with Crippen molar-refractivity contribution in [3.8, 4) is 0 Å². The van der Waals surface area contributed by atoms with E-state index in [1.807, 2.05) is 0 Å². The van der Waals surface area contributed by atoms with Gasteiger partial charge in [-0.1, -0.05) is 0 Å². The quantitative estimate of drug-likeness (QED) is 0.843. The second-order valence-corrected chi connectivity index (χ2v) is 5.56. The zero-order valence-corrected chi connectivity index (χ0v) is 11.0. The van der Waals surface area contributed by atoms with Crippen LogP contribution < -0.4 is 0 Å². The lowest BCUT2D eigenvalue weighted by Gasteiger charge is -2.13. The average molecular weight is 268 g/mol. The molecule has 0 radical (unpaired) electrons. The topological polar surface area (TPSA) is 29.5 Å². The molecule has 1 unspecified atom stereocenters. The lowest BCUT2D eigenvalue weighted by atomic mass is 10.0. The van der Waals surface area contributed by atoms with Crippen LogP contribution in [0.1, 0.15) is 12.8 Å². The maximum absolute atomic E-state index is 12.7. The molecular weight excluding hydrogens is 251 g/mol. The highest BCUT2D eigenvalue weighted by atomic mass is 32.2. The molecule has 1 aliphatic rings. The second kappa shape index (κ2) is 6.81. The molecule has 1 aromatic carbocycles. The third-order valence-corrected chi connectivity index (χ3v) is 3.94. The second-order valence-electron chi connectivity index (χ2n) is 4.39. The van der Waals surface area contributed by atoms with Crippen molar-refractivity contribution in [3.63, 3.8) is 0 Å². The van der Waals surface area contributed by atoms with Gasteiger partial charge in [-0.05, 0) is 48.4 Å². The van der Waals surface area contributed by atoms with Crippen molar-refractivity contribution in [2.75, 3.05) is 19.0 Å². The number of thioether (sulfide) groups is 1. The summed E-state index contributed by atoms with van der Waals surface area (Å²) in [6.45, 7) is 1.21. The van der Waals surface area contributed by atoms with E-state index < -0.39 is 0 Å². The molecule has 0 bridgehead atoms. The summed E-state index contributed by atoms with van der Waals surface area (Å²) in [5, 5.41) is 9.54. The predicted molar refractivity (Wildman–Crippen MR) is 71.4 cm³/mol. The Bertz CT molecular complexity index is 403. The monoisotopic (exact) mass is 268 g/mol. The van der Waals surface area contributed by atoms with Crippen LogP contribution in [0.25, 0.3) is 0 Å². The Hall–Kier alpha value is -1.00. The van der Waals surface area contributed by atoms with Crippen molar-refractivity contribution >= 4 is 11.8 Å². The van der Waals surface area contributed by atoms with Gasteiger partial charge in [0.15, 0.2) is 0 Å². The van der Waals surface area contributed by atoms with Crippen LogP contribution in [0, 0.1) is 11.7 Å².